The number of hydrogen-bond donors (Lipinski definition) is 4. The smallest absolute Gasteiger partial charge is 0.475 e. The fourth-order valence-electron chi connectivity index (χ4n) is 4.71. The quantitative estimate of drug-likeness (QED) is 0.124. The molecule has 1 aromatic heterocycles. The van der Waals surface area contributed by atoms with E-state index in [1.807, 2.05) is 43.5 Å². The van der Waals surface area contributed by atoms with Crippen molar-refractivity contribution in [1.82, 2.24) is 20.2 Å². The zero-order valence-electron chi connectivity index (χ0n) is 26.6. The number of benzene rings is 2. The molecule has 0 bridgehead atoms. The molecule has 4 N–H and O–H groups in total. The highest BCUT2D eigenvalue weighted by atomic mass is 19.4. The molecule has 49 heavy (non-hydrogen) atoms. The van der Waals surface area contributed by atoms with E-state index in [1.165, 1.54) is 11.1 Å². The molecule has 1 amide bonds. The summed E-state index contributed by atoms with van der Waals surface area (Å²) in [6.45, 7) is 3.98. The number of amides is 1. The van der Waals surface area contributed by atoms with Gasteiger partial charge in [-0.3, -0.25) is 14.5 Å². The first kappa shape index (κ1) is 40.4. The van der Waals surface area contributed by atoms with Gasteiger partial charge in [-0.25, -0.2) is 14.6 Å². The van der Waals surface area contributed by atoms with Crippen molar-refractivity contribution in [3.63, 3.8) is 0 Å². The molecule has 2 aromatic carbocycles. The van der Waals surface area contributed by atoms with Crippen molar-refractivity contribution in [2.75, 3.05) is 13.1 Å². The van der Waals surface area contributed by atoms with Gasteiger partial charge >= 0.3 is 24.3 Å². The number of carboxylic acid groups (broad SMARTS) is 2. The summed E-state index contributed by atoms with van der Waals surface area (Å²) in [6.07, 6.45) is -2.53. The van der Waals surface area contributed by atoms with Gasteiger partial charge in [0.15, 0.2) is 0 Å². The van der Waals surface area contributed by atoms with Gasteiger partial charge in [-0.05, 0) is 36.0 Å². The van der Waals surface area contributed by atoms with E-state index >= 15 is 0 Å². The van der Waals surface area contributed by atoms with Crippen LogP contribution in [0.4, 0.5) is 26.3 Å². The number of halogens is 6. The number of aliphatic carboxylic acids is 2. The molecule has 4 rings (SSSR count). The number of nitrogens with one attached hydrogen (secondary N) is 2. The van der Waals surface area contributed by atoms with Crippen LogP contribution in [0, 0.1) is 0 Å². The number of fused-ring (bicyclic) bond motifs is 1. The standard InChI is InChI=1S/C29H36N4O2.2C2HF3O2/c1-2-25(34)15-7-4-8-16-26(29-30-19-27(32-29)23-12-5-3-6-13-23)31-28(35)21-33-18-17-22-11-9-10-14-24(22)20-33;2*3-2(4,5)1(6)7/h3,5-6,9-14,19,26H,2,4,7-8,15-18,20-21H2,1H3,(H,30,32)(H,31,35);2*(H,6,7)/t26-;;/m0../s1. The van der Waals surface area contributed by atoms with Gasteiger partial charge in [-0.15, -0.1) is 0 Å². The molecule has 268 valence electrons. The van der Waals surface area contributed by atoms with Crippen LogP contribution < -0.4 is 5.32 Å². The average molecular weight is 701 g/mol. The first-order chi connectivity index (χ1) is 23.0. The Balaban J connectivity index is 0.000000500. The summed E-state index contributed by atoms with van der Waals surface area (Å²) in [6, 6.07) is 18.4. The molecule has 3 aromatic rings. The van der Waals surface area contributed by atoms with Crippen LogP contribution in [-0.4, -0.2) is 74.2 Å². The van der Waals surface area contributed by atoms with Crippen molar-refractivity contribution in [3.05, 3.63) is 77.7 Å². The van der Waals surface area contributed by atoms with Gasteiger partial charge in [0.1, 0.15) is 11.6 Å². The Bertz CT molecular complexity index is 1490. The fraction of sp³-hybridized carbons (Fsp3) is 0.424. The number of nitrogens with zero attached hydrogens (tertiary/aromatic N) is 2. The molecule has 0 saturated carbocycles. The minimum Gasteiger partial charge on any atom is -0.475 e. The van der Waals surface area contributed by atoms with Gasteiger partial charge < -0.3 is 20.5 Å². The lowest BCUT2D eigenvalue weighted by Crippen LogP contribution is -2.41. The fourth-order valence-corrected chi connectivity index (χ4v) is 4.71. The van der Waals surface area contributed by atoms with Gasteiger partial charge in [-0.2, -0.15) is 26.3 Å². The first-order valence-electron chi connectivity index (χ1n) is 15.3. The summed E-state index contributed by atoms with van der Waals surface area (Å²) in [4.78, 5) is 52.7. The van der Waals surface area contributed by atoms with Crippen LogP contribution in [0.15, 0.2) is 60.8 Å². The highest BCUT2D eigenvalue weighted by Crippen LogP contribution is 2.23. The molecule has 1 atom stereocenters. The normalized spacial score (nSPS) is 13.4. The number of unbranched alkanes of at least 4 members (excludes halogenated alkanes) is 2. The first-order valence-corrected chi connectivity index (χ1v) is 15.3. The summed E-state index contributed by atoms with van der Waals surface area (Å²) in [5.41, 5.74) is 4.71. The Labute approximate surface area is 278 Å². The SMILES string of the molecule is CCC(=O)CCCCC[C@H](NC(=O)CN1CCc2ccccc2C1)c1ncc(-c2ccccc2)[nH]1.O=C(O)C(F)(F)F.O=C(O)C(F)(F)F. The lowest BCUT2D eigenvalue weighted by Gasteiger charge is -2.28. The van der Waals surface area contributed by atoms with Crippen LogP contribution in [-0.2, 0) is 32.1 Å². The van der Waals surface area contributed by atoms with E-state index in [0.717, 1.165) is 62.3 Å². The lowest BCUT2D eigenvalue weighted by molar-refractivity contribution is -0.193. The third-order valence-electron chi connectivity index (χ3n) is 7.25. The van der Waals surface area contributed by atoms with Gasteiger partial charge in [0, 0.05) is 25.9 Å². The van der Waals surface area contributed by atoms with Crippen molar-refractivity contribution >= 4 is 23.6 Å². The number of Topliss-reactive ketones (excluding diaryl/α,β-unsaturated/α-hetero) is 1. The van der Waals surface area contributed by atoms with Gasteiger partial charge in [0.25, 0.3) is 0 Å². The number of ketones is 1. The van der Waals surface area contributed by atoms with E-state index in [2.05, 4.69) is 44.5 Å². The number of alkyl halides is 6. The molecule has 0 aliphatic carbocycles. The van der Waals surface area contributed by atoms with Crippen molar-refractivity contribution < 1.29 is 55.7 Å². The monoisotopic (exact) mass is 700 g/mol. The number of carbonyl (C=O) groups is 4. The second-order valence-corrected chi connectivity index (χ2v) is 11.0. The van der Waals surface area contributed by atoms with E-state index in [-0.39, 0.29) is 11.9 Å². The molecular weight excluding hydrogens is 662 g/mol. The number of rotatable bonds is 12. The van der Waals surface area contributed by atoms with Crippen molar-refractivity contribution in [2.24, 2.45) is 0 Å². The Morgan fingerprint density at radius 2 is 1.45 bits per heavy atom. The maximum atomic E-state index is 13.1. The summed E-state index contributed by atoms with van der Waals surface area (Å²) >= 11 is 0. The van der Waals surface area contributed by atoms with Crippen molar-refractivity contribution in [1.29, 1.82) is 0 Å². The molecule has 16 heteroatoms. The largest absolute Gasteiger partial charge is 0.490 e. The number of H-pyrrole nitrogens is 1. The molecular formula is C33H38F6N4O6. The number of carbonyl (C=O) groups excluding carboxylic acids is 2. The second kappa shape index (κ2) is 19.3. The number of aromatic nitrogens is 2. The van der Waals surface area contributed by atoms with E-state index < -0.39 is 24.3 Å². The molecule has 0 unspecified atom stereocenters. The highest BCUT2D eigenvalue weighted by Gasteiger charge is 2.38. The molecule has 0 spiro atoms. The lowest BCUT2D eigenvalue weighted by atomic mass is 10.00. The van der Waals surface area contributed by atoms with Crippen LogP contribution >= 0.6 is 0 Å². The summed E-state index contributed by atoms with van der Waals surface area (Å²) in [7, 11) is 0. The summed E-state index contributed by atoms with van der Waals surface area (Å²) in [5.74, 6) is -4.39. The predicted molar refractivity (Wildman–Crippen MR) is 166 cm³/mol. The number of hydrogen-bond acceptors (Lipinski definition) is 6. The third-order valence-corrected chi connectivity index (χ3v) is 7.25. The Kier molecular flexibility index (Phi) is 15.9. The molecule has 1 aliphatic heterocycles. The summed E-state index contributed by atoms with van der Waals surface area (Å²) in [5, 5.41) is 17.5. The van der Waals surface area contributed by atoms with E-state index in [0.29, 0.717) is 25.2 Å². The van der Waals surface area contributed by atoms with Crippen molar-refractivity contribution in [3.8, 4) is 11.3 Å². The molecule has 0 radical (unpaired) electrons. The number of imidazole rings is 1. The Morgan fingerprint density at radius 1 is 0.878 bits per heavy atom. The van der Waals surface area contributed by atoms with Gasteiger partial charge in [-0.1, -0.05) is 74.4 Å². The van der Waals surface area contributed by atoms with E-state index in [4.69, 9.17) is 19.8 Å². The molecule has 1 aliphatic rings. The van der Waals surface area contributed by atoms with E-state index in [1.54, 1.807) is 0 Å². The van der Waals surface area contributed by atoms with Crippen LogP contribution in [0.5, 0.6) is 0 Å². The van der Waals surface area contributed by atoms with Crippen LogP contribution in [0.25, 0.3) is 11.3 Å². The number of aromatic amines is 1. The van der Waals surface area contributed by atoms with E-state index in [9.17, 15) is 35.9 Å². The minimum atomic E-state index is -5.08. The van der Waals surface area contributed by atoms with Crippen molar-refractivity contribution in [2.45, 2.75) is 76.8 Å². The Morgan fingerprint density at radius 3 is 2.02 bits per heavy atom. The van der Waals surface area contributed by atoms with Crippen LogP contribution in [0.2, 0.25) is 0 Å². The summed E-state index contributed by atoms with van der Waals surface area (Å²) < 4.78 is 63.5. The molecule has 10 nitrogen and oxygen atoms in total. The maximum Gasteiger partial charge on any atom is 0.490 e. The highest BCUT2D eigenvalue weighted by molar-refractivity contribution is 5.78. The predicted octanol–water partition coefficient (Wildman–Crippen LogP) is 6.49. The van der Waals surface area contributed by atoms with Crippen LogP contribution in [0.1, 0.15) is 68.4 Å². The average Bonchev–Trinajstić information content (AvgIpc) is 3.54. The molecule has 0 saturated heterocycles. The second-order valence-electron chi connectivity index (χ2n) is 11.0. The van der Waals surface area contributed by atoms with Gasteiger partial charge in [0.2, 0.25) is 5.91 Å². The number of carboxylic acids is 2. The minimum absolute atomic E-state index is 0.0215. The third kappa shape index (κ3) is 14.9. The zero-order chi connectivity index (χ0) is 36.6. The topological polar surface area (TPSA) is 153 Å². The zero-order valence-corrected chi connectivity index (χ0v) is 26.6. The van der Waals surface area contributed by atoms with Gasteiger partial charge in [0.05, 0.1) is 24.5 Å². The molecule has 2 heterocycles. The van der Waals surface area contributed by atoms with Crippen LogP contribution in [0.3, 0.4) is 0 Å². The maximum absolute atomic E-state index is 13.1. The molecule has 0 fully saturated rings. The Hall–Kier alpha value is -4.73.